The van der Waals surface area contributed by atoms with Gasteiger partial charge in [-0.15, -0.1) is 0 Å². The summed E-state index contributed by atoms with van der Waals surface area (Å²) in [6, 6.07) is 8.93. The Kier molecular flexibility index (Phi) is 8.81. The largest absolute Gasteiger partial charge is 0.450 e. The minimum absolute atomic E-state index is 0.224. The Morgan fingerprint density at radius 3 is 2.53 bits per heavy atom. The molecular weight excluding hydrogens is 378 g/mol. The Morgan fingerprint density at radius 1 is 1.13 bits per heavy atom. The lowest BCUT2D eigenvalue weighted by Gasteiger charge is -2.31. The van der Waals surface area contributed by atoms with E-state index in [0.29, 0.717) is 32.2 Å². The van der Waals surface area contributed by atoms with E-state index in [0.717, 1.165) is 19.4 Å². The van der Waals surface area contributed by atoms with Crippen LogP contribution >= 0.6 is 0 Å². The number of hydrogen-bond acceptors (Lipinski definition) is 4. The predicted octanol–water partition coefficient (Wildman–Crippen LogP) is 3.09. The molecule has 0 unspecified atom stereocenters. The second-order valence-corrected chi connectivity index (χ2v) is 8.32. The van der Waals surface area contributed by atoms with Gasteiger partial charge in [0.2, 0.25) is 0 Å². The number of carbonyl (C=O) groups is 1. The molecule has 3 N–H and O–H groups in total. The SMILES string of the molecule is CCOC(=O)N1CCC(NC(N)=NCc2cccc(CN3CCCCCC3)c2)CC1. The zero-order chi connectivity index (χ0) is 21.2. The number of guanidine groups is 1. The van der Waals surface area contributed by atoms with Crippen molar-refractivity contribution in [2.24, 2.45) is 10.7 Å². The molecule has 7 heteroatoms. The van der Waals surface area contributed by atoms with Crippen LogP contribution in [0.15, 0.2) is 29.3 Å². The molecule has 166 valence electrons. The molecular formula is C23H37N5O2. The average Bonchev–Trinajstić information content (AvgIpc) is 3.02. The van der Waals surface area contributed by atoms with Gasteiger partial charge >= 0.3 is 6.09 Å². The lowest BCUT2D eigenvalue weighted by molar-refractivity contribution is 0.0963. The van der Waals surface area contributed by atoms with Crippen LogP contribution in [0.4, 0.5) is 4.79 Å². The van der Waals surface area contributed by atoms with Gasteiger partial charge in [0.05, 0.1) is 13.2 Å². The number of aliphatic imine (C=N–C) groups is 1. The Hall–Kier alpha value is -2.28. The number of nitrogens with one attached hydrogen (secondary N) is 1. The van der Waals surface area contributed by atoms with Gasteiger partial charge in [0.15, 0.2) is 5.96 Å². The fourth-order valence-electron chi connectivity index (χ4n) is 4.23. The molecule has 1 aromatic rings. The highest BCUT2D eigenvalue weighted by molar-refractivity contribution is 5.78. The molecule has 2 aliphatic rings. The molecule has 2 aliphatic heterocycles. The summed E-state index contributed by atoms with van der Waals surface area (Å²) in [5, 5.41) is 3.31. The van der Waals surface area contributed by atoms with Gasteiger partial charge < -0.3 is 20.7 Å². The summed E-state index contributed by atoms with van der Waals surface area (Å²) < 4.78 is 5.06. The molecule has 2 heterocycles. The Morgan fingerprint density at radius 2 is 1.83 bits per heavy atom. The smallest absolute Gasteiger partial charge is 0.409 e. The second-order valence-electron chi connectivity index (χ2n) is 8.32. The molecule has 7 nitrogen and oxygen atoms in total. The van der Waals surface area contributed by atoms with Crippen LogP contribution in [0, 0.1) is 0 Å². The van der Waals surface area contributed by atoms with Crippen molar-refractivity contribution in [1.29, 1.82) is 0 Å². The van der Waals surface area contributed by atoms with Crippen LogP contribution in [0.3, 0.4) is 0 Å². The summed E-state index contributed by atoms with van der Waals surface area (Å²) in [4.78, 5) is 20.6. The summed E-state index contributed by atoms with van der Waals surface area (Å²) in [5.74, 6) is 0.475. The highest BCUT2D eigenvalue weighted by Gasteiger charge is 2.23. The summed E-state index contributed by atoms with van der Waals surface area (Å²) in [7, 11) is 0. The molecule has 2 fully saturated rings. The zero-order valence-electron chi connectivity index (χ0n) is 18.3. The van der Waals surface area contributed by atoms with Crippen molar-refractivity contribution in [3.05, 3.63) is 35.4 Å². The molecule has 2 saturated heterocycles. The maximum absolute atomic E-state index is 11.8. The number of nitrogens with two attached hydrogens (primary N) is 1. The van der Waals surface area contributed by atoms with Crippen LogP contribution in [0.25, 0.3) is 0 Å². The van der Waals surface area contributed by atoms with E-state index >= 15 is 0 Å². The van der Waals surface area contributed by atoms with Gasteiger partial charge in [0.25, 0.3) is 0 Å². The number of benzene rings is 1. The molecule has 0 radical (unpaired) electrons. The quantitative estimate of drug-likeness (QED) is 0.551. The fourth-order valence-corrected chi connectivity index (χ4v) is 4.23. The Bertz CT molecular complexity index is 693. The number of amides is 1. The maximum atomic E-state index is 11.8. The number of piperidine rings is 1. The Balaban J connectivity index is 1.44. The lowest BCUT2D eigenvalue weighted by Crippen LogP contribution is -2.48. The van der Waals surface area contributed by atoms with Crippen molar-refractivity contribution in [1.82, 2.24) is 15.1 Å². The van der Waals surface area contributed by atoms with E-state index in [1.165, 1.54) is 49.9 Å². The molecule has 0 bridgehead atoms. The first-order valence-electron chi connectivity index (χ1n) is 11.4. The molecule has 0 saturated carbocycles. The van der Waals surface area contributed by atoms with Gasteiger partial charge in [0, 0.05) is 25.7 Å². The summed E-state index contributed by atoms with van der Waals surface area (Å²) in [6.45, 7) is 7.61. The number of rotatable bonds is 6. The molecule has 1 amide bonds. The van der Waals surface area contributed by atoms with Crippen LogP contribution < -0.4 is 11.1 Å². The lowest BCUT2D eigenvalue weighted by atomic mass is 10.1. The number of likely N-dealkylation sites (tertiary alicyclic amines) is 2. The highest BCUT2D eigenvalue weighted by Crippen LogP contribution is 2.15. The van der Waals surface area contributed by atoms with Crippen LogP contribution in [-0.2, 0) is 17.8 Å². The van der Waals surface area contributed by atoms with Gasteiger partial charge in [-0.05, 0) is 56.8 Å². The summed E-state index contributed by atoms with van der Waals surface area (Å²) in [6.07, 6.45) is 6.81. The number of carbonyl (C=O) groups excluding carboxylic acids is 1. The third kappa shape index (κ3) is 7.20. The molecule has 0 atom stereocenters. The monoisotopic (exact) mass is 415 g/mol. The van der Waals surface area contributed by atoms with Gasteiger partial charge in [-0.25, -0.2) is 9.79 Å². The third-order valence-electron chi connectivity index (χ3n) is 5.90. The molecule has 1 aromatic carbocycles. The summed E-state index contributed by atoms with van der Waals surface area (Å²) >= 11 is 0. The predicted molar refractivity (Wildman–Crippen MR) is 120 cm³/mol. The number of nitrogens with zero attached hydrogens (tertiary/aromatic N) is 3. The maximum Gasteiger partial charge on any atom is 0.409 e. The first kappa shape index (κ1) is 22.4. The normalized spacial score (nSPS) is 19.4. The first-order valence-corrected chi connectivity index (χ1v) is 11.4. The van der Waals surface area contributed by atoms with Crippen molar-refractivity contribution < 1.29 is 9.53 Å². The van der Waals surface area contributed by atoms with E-state index in [-0.39, 0.29) is 12.1 Å². The van der Waals surface area contributed by atoms with E-state index in [1.54, 1.807) is 4.90 Å². The third-order valence-corrected chi connectivity index (χ3v) is 5.90. The van der Waals surface area contributed by atoms with E-state index in [1.807, 2.05) is 6.92 Å². The van der Waals surface area contributed by atoms with Gasteiger partial charge in [-0.1, -0.05) is 37.1 Å². The van der Waals surface area contributed by atoms with E-state index in [2.05, 4.69) is 39.5 Å². The van der Waals surface area contributed by atoms with Crippen LogP contribution in [0.5, 0.6) is 0 Å². The fraction of sp³-hybridized carbons (Fsp3) is 0.652. The standard InChI is InChI=1S/C23H37N5O2/c1-2-30-23(29)28-14-10-21(11-15-28)26-22(24)25-17-19-8-7-9-20(16-19)18-27-12-5-3-4-6-13-27/h7-9,16,21H,2-6,10-15,17-18H2,1H3,(H3,24,25,26). The van der Waals surface area contributed by atoms with E-state index in [4.69, 9.17) is 10.5 Å². The molecule has 30 heavy (non-hydrogen) atoms. The molecule has 0 aromatic heterocycles. The van der Waals surface area contributed by atoms with E-state index < -0.39 is 0 Å². The molecule has 0 spiro atoms. The van der Waals surface area contributed by atoms with Gasteiger partial charge in [-0.2, -0.15) is 0 Å². The van der Waals surface area contributed by atoms with Crippen LogP contribution in [0.2, 0.25) is 0 Å². The van der Waals surface area contributed by atoms with Crippen molar-refractivity contribution in [3.63, 3.8) is 0 Å². The van der Waals surface area contributed by atoms with Crippen molar-refractivity contribution >= 4 is 12.1 Å². The van der Waals surface area contributed by atoms with Crippen molar-refractivity contribution in [2.45, 2.75) is 64.6 Å². The minimum atomic E-state index is -0.224. The number of hydrogen-bond donors (Lipinski definition) is 2. The topological polar surface area (TPSA) is 83.2 Å². The number of ether oxygens (including phenoxy) is 1. The highest BCUT2D eigenvalue weighted by atomic mass is 16.6. The zero-order valence-corrected chi connectivity index (χ0v) is 18.3. The van der Waals surface area contributed by atoms with Crippen LogP contribution in [0.1, 0.15) is 56.6 Å². The molecule has 0 aliphatic carbocycles. The van der Waals surface area contributed by atoms with Crippen molar-refractivity contribution in [3.8, 4) is 0 Å². The van der Waals surface area contributed by atoms with Crippen LogP contribution in [-0.4, -0.2) is 60.7 Å². The summed E-state index contributed by atoms with van der Waals surface area (Å²) in [5.41, 5.74) is 8.66. The minimum Gasteiger partial charge on any atom is -0.450 e. The first-order chi connectivity index (χ1) is 14.6. The average molecular weight is 416 g/mol. The van der Waals surface area contributed by atoms with Gasteiger partial charge in [0.1, 0.15) is 0 Å². The second kappa shape index (κ2) is 11.8. The van der Waals surface area contributed by atoms with E-state index in [9.17, 15) is 4.79 Å². The Labute approximate surface area is 180 Å². The van der Waals surface area contributed by atoms with Crippen molar-refractivity contribution in [2.75, 3.05) is 32.8 Å². The molecule has 3 rings (SSSR count). The van der Waals surface area contributed by atoms with Gasteiger partial charge in [-0.3, -0.25) is 4.90 Å².